The Labute approximate surface area is 130 Å². The summed E-state index contributed by atoms with van der Waals surface area (Å²) in [4.78, 5) is 28.9. The Hall–Kier alpha value is -1.69. The Morgan fingerprint density at radius 1 is 1.27 bits per heavy atom. The molecule has 0 bridgehead atoms. The molecule has 1 saturated carbocycles. The number of likely N-dealkylation sites (N-methyl/N-ethyl adjacent to an activating group) is 1. The van der Waals surface area contributed by atoms with Gasteiger partial charge in [0.15, 0.2) is 0 Å². The highest BCUT2D eigenvalue weighted by Crippen LogP contribution is 2.38. The largest absolute Gasteiger partial charge is 0.338 e. The van der Waals surface area contributed by atoms with Gasteiger partial charge in [0, 0.05) is 38.2 Å². The lowest BCUT2D eigenvalue weighted by molar-refractivity contribution is -0.136. The van der Waals surface area contributed by atoms with Crippen molar-refractivity contribution >= 4 is 5.91 Å². The van der Waals surface area contributed by atoms with Crippen molar-refractivity contribution in [2.75, 3.05) is 32.7 Å². The van der Waals surface area contributed by atoms with E-state index in [1.54, 1.807) is 19.1 Å². The molecule has 1 saturated heterocycles. The van der Waals surface area contributed by atoms with Gasteiger partial charge in [0.05, 0.1) is 5.69 Å². The molecule has 1 amide bonds. The van der Waals surface area contributed by atoms with Crippen molar-refractivity contribution in [1.82, 2.24) is 19.6 Å². The molecule has 6 heteroatoms. The SMILES string of the molecule is CCN1CCN(C(=O)C(C)n2nc(C3CC3)ccc2=O)CC1. The van der Waals surface area contributed by atoms with Crippen LogP contribution in [0.4, 0.5) is 0 Å². The van der Waals surface area contributed by atoms with Crippen molar-refractivity contribution in [3.05, 3.63) is 28.2 Å². The highest BCUT2D eigenvalue weighted by Gasteiger charge is 2.29. The molecule has 1 aliphatic carbocycles. The average molecular weight is 304 g/mol. The second-order valence-corrected chi connectivity index (χ2v) is 6.25. The Morgan fingerprint density at radius 3 is 2.55 bits per heavy atom. The van der Waals surface area contributed by atoms with Crippen molar-refractivity contribution in [1.29, 1.82) is 0 Å². The van der Waals surface area contributed by atoms with Crippen molar-refractivity contribution in [3.63, 3.8) is 0 Å². The maximum Gasteiger partial charge on any atom is 0.267 e. The number of aromatic nitrogens is 2. The first kappa shape index (κ1) is 15.2. The minimum Gasteiger partial charge on any atom is -0.338 e. The Bertz CT molecular complexity index is 600. The minimum atomic E-state index is -0.528. The molecular weight excluding hydrogens is 280 g/mol. The third-order valence-corrected chi connectivity index (χ3v) is 4.70. The number of amides is 1. The van der Waals surface area contributed by atoms with Gasteiger partial charge in [-0.2, -0.15) is 5.10 Å². The lowest BCUT2D eigenvalue weighted by Gasteiger charge is -2.35. The van der Waals surface area contributed by atoms with Crippen LogP contribution in [0.15, 0.2) is 16.9 Å². The molecule has 1 aliphatic heterocycles. The first-order chi connectivity index (χ1) is 10.6. The van der Waals surface area contributed by atoms with Crippen LogP contribution < -0.4 is 5.56 Å². The fraction of sp³-hybridized carbons (Fsp3) is 0.688. The zero-order valence-corrected chi connectivity index (χ0v) is 13.4. The first-order valence-electron chi connectivity index (χ1n) is 8.21. The van der Waals surface area contributed by atoms with E-state index >= 15 is 0 Å². The van der Waals surface area contributed by atoms with E-state index in [1.807, 2.05) is 4.90 Å². The van der Waals surface area contributed by atoms with E-state index in [-0.39, 0.29) is 11.5 Å². The van der Waals surface area contributed by atoms with Gasteiger partial charge in [-0.15, -0.1) is 0 Å². The molecule has 0 aromatic carbocycles. The standard InChI is InChI=1S/C16H24N4O2/c1-3-18-8-10-19(11-9-18)16(22)12(2)20-15(21)7-6-14(17-20)13-4-5-13/h6-7,12-13H,3-5,8-11H2,1-2H3. The van der Waals surface area contributed by atoms with E-state index in [2.05, 4.69) is 16.9 Å². The minimum absolute atomic E-state index is 0.00157. The molecule has 0 radical (unpaired) electrons. The number of hydrogen-bond acceptors (Lipinski definition) is 4. The Kier molecular flexibility index (Phi) is 4.29. The summed E-state index contributed by atoms with van der Waals surface area (Å²) in [7, 11) is 0. The van der Waals surface area contributed by atoms with E-state index < -0.39 is 6.04 Å². The molecule has 0 spiro atoms. The van der Waals surface area contributed by atoms with E-state index in [0.717, 1.165) is 51.3 Å². The first-order valence-corrected chi connectivity index (χ1v) is 8.21. The summed E-state index contributed by atoms with van der Waals surface area (Å²) < 4.78 is 1.36. The van der Waals surface area contributed by atoms with Crippen LogP contribution in [0.5, 0.6) is 0 Å². The van der Waals surface area contributed by atoms with Crippen LogP contribution in [0.1, 0.15) is 44.3 Å². The van der Waals surface area contributed by atoms with E-state index in [1.165, 1.54) is 4.68 Å². The molecule has 3 rings (SSSR count). The topological polar surface area (TPSA) is 58.4 Å². The van der Waals surface area contributed by atoms with Gasteiger partial charge in [-0.25, -0.2) is 4.68 Å². The molecule has 6 nitrogen and oxygen atoms in total. The highest BCUT2D eigenvalue weighted by molar-refractivity contribution is 5.80. The summed E-state index contributed by atoms with van der Waals surface area (Å²) in [5, 5.41) is 4.43. The fourth-order valence-electron chi connectivity index (χ4n) is 2.97. The summed E-state index contributed by atoms with van der Waals surface area (Å²) in [5.74, 6) is 0.473. The maximum atomic E-state index is 12.7. The number of piperazine rings is 1. The number of carbonyl (C=O) groups excluding carboxylic acids is 1. The van der Waals surface area contributed by atoms with E-state index in [9.17, 15) is 9.59 Å². The van der Waals surface area contributed by atoms with Gasteiger partial charge in [-0.05, 0) is 32.4 Å². The van der Waals surface area contributed by atoms with E-state index in [4.69, 9.17) is 0 Å². The zero-order chi connectivity index (χ0) is 15.7. The van der Waals surface area contributed by atoms with Crippen LogP contribution in [-0.4, -0.2) is 58.2 Å². The van der Waals surface area contributed by atoms with Crippen LogP contribution in [0, 0.1) is 0 Å². The Balaban J connectivity index is 1.73. The summed E-state index contributed by atoms with van der Waals surface area (Å²) in [6, 6.07) is 2.81. The van der Waals surface area contributed by atoms with Gasteiger partial charge in [0.1, 0.15) is 6.04 Å². The van der Waals surface area contributed by atoms with Crippen LogP contribution >= 0.6 is 0 Å². The second kappa shape index (κ2) is 6.20. The number of hydrogen-bond donors (Lipinski definition) is 0. The molecule has 0 N–H and O–H groups in total. The third-order valence-electron chi connectivity index (χ3n) is 4.70. The normalized spacial score (nSPS) is 20.9. The van der Waals surface area contributed by atoms with Crippen LogP contribution in [0.25, 0.3) is 0 Å². The lowest BCUT2D eigenvalue weighted by Crippen LogP contribution is -2.50. The van der Waals surface area contributed by atoms with Crippen LogP contribution in [0.2, 0.25) is 0 Å². The predicted octanol–water partition coefficient (Wildman–Crippen LogP) is 0.846. The van der Waals surface area contributed by atoms with Gasteiger partial charge in [0.25, 0.3) is 5.56 Å². The summed E-state index contributed by atoms with van der Waals surface area (Å²) in [6.07, 6.45) is 2.26. The predicted molar refractivity (Wildman–Crippen MR) is 83.9 cm³/mol. The number of rotatable bonds is 4. The quantitative estimate of drug-likeness (QED) is 0.827. The van der Waals surface area contributed by atoms with Crippen molar-refractivity contribution in [3.8, 4) is 0 Å². The highest BCUT2D eigenvalue weighted by atomic mass is 16.2. The molecular formula is C16H24N4O2. The Morgan fingerprint density at radius 2 is 1.95 bits per heavy atom. The monoisotopic (exact) mass is 304 g/mol. The van der Waals surface area contributed by atoms with Gasteiger partial charge in [-0.3, -0.25) is 9.59 Å². The molecule has 1 aromatic heterocycles. The second-order valence-electron chi connectivity index (χ2n) is 6.25. The average Bonchev–Trinajstić information content (AvgIpc) is 3.39. The zero-order valence-electron chi connectivity index (χ0n) is 13.4. The lowest BCUT2D eigenvalue weighted by atomic mass is 10.2. The van der Waals surface area contributed by atoms with E-state index in [0.29, 0.717) is 5.92 Å². The molecule has 1 aromatic rings. The van der Waals surface area contributed by atoms with Crippen molar-refractivity contribution in [2.24, 2.45) is 0 Å². The molecule has 2 aliphatic rings. The van der Waals surface area contributed by atoms with Crippen LogP contribution in [0.3, 0.4) is 0 Å². The van der Waals surface area contributed by atoms with Gasteiger partial charge < -0.3 is 9.80 Å². The fourth-order valence-corrected chi connectivity index (χ4v) is 2.97. The molecule has 1 atom stereocenters. The molecule has 22 heavy (non-hydrogen) atoms. The summed E-state index contributed by atoms with van der Waals surface area (Å²) in [6.45, 7) is 8.19. The maximum absolute atomic E-state index is 12.7. The summed E-state index contributed by atoms with van der Waals surface area (Å²) >= 11 is 0. The van der Waals surface area contributed by atoms with Crippen molar-refractivity contribution in [2.45, 2.75) is 38.6 Å². The third kappa shape index (κ3) is 3.06. The van der Waals surface area contributed by atoms with Crippen molar-refractivity contribution < 1.29 is 4.79 Å². The molecule has 2 heterocycles. The molecule has 120 valence electrons. The summed E-state index contributed by atoms with van der Waals surface area (Å²) in [5.41, 5.74) is 0.743. The van der Waals surface area contributed by atoms with Gasteiger partial charge in [-0.1, -0.05) is 6.92 Å². The van der Waals surface area contributed by atoms with Gasteiger partial charge >= 0.3 is 0 Å². The van der Waals surface area contributed by atoms with Crippen LogP contribution in [-0.2, 0) is 4.79 Å². The number of nitrogens with zero attached hydrogens (tertiary/aromatic N) is 4. The van der Waals surface area contributed by atoms with Gasteiger partial charge in [0.2, 0.25) is 5.91 Å². The molecule has 2 fully saturated rings. The number of carbonyl (C=O) groups is 1. The molecule has 1 unspecified atom stereocenters. The smallest absolute Gasteiger partial charge is 0.267 e.